The van der Waals surface area contributed by atoms with E-state index in [2.05, 4.69) is 15.0 Å². The Kier molecular flexibility index (Phi) is 2.88. The fourth-order valence-electron chi connectivity index (χ4n) is 1.87. The molecule has 0 aromatic carbocycles. The van der Waals surface area contributed by atoms with Crippen molar-refractivity contribution in [3.8, 4) is 17.4 Å². The van der Waals surface area contributed by atoms with E-state index in [1.807, 2.05) is 13.8 Å². The molecule has 19 heavy (non-hydrogen) atoms. The number of rotatable bonds is 1. The van der Waals surface area contributed by atoms with E-state index in [4.69, 9.17) is 11.6 Å². The second kappa shape index (κ2) is 4.43. The van der Waals surface area contributed by atoms with E-state index < -0.39 is 0 Å². The monoisotopic (exact) mass is 291 g/mol. The number of aryl methyl sites for hydroxylation is 2. The lowest BCUT2D eigenvalue weighted by Gasteiger charge is -2.02. The lowest BCUT2D eigenvalue weighted by Crippen LogP contribution is -1.92. The summed E-state index contributed by atoms with van der Waals surface area (Å²) in [5.74, 6) is 0.373. The van der Waals surface area contributed by atoms with Gasteiger partial charge in [-0.15, -0.1) is 11.3 Å². The number of thiophene rings is 1. The van der Waals surface area contributed by atoms with Gasteiger partial charge in [-0.1, -0.05) is 11.6 Å². The summed E-state index contributed by atoms with van der Waals surface area (Å²) in [6.45, 7) is 3.95. The first kappa shape index (κ1) is 12.3. The van der Waals surface area contributed by atoms with Crippen LogP contribution in [0.2, 0.25) is 5.02 Å². The summed E-state index contributed by atoms with van der Waals surface area (Å²) in [7, 11) is 0. The fraction of sp³-hybridized carbons (Fsp3) is 0.154. The molecule has 0 aliphatic rings. The van der Waals surface area contributed by atoms with Crippen LogP contribution in [0, 0.1) is 13.8 Å². The molecule has 0 atom stereocenters. The molecule has 0 saturated carbocycles. The van der Waals surface area contributed by atoms with Crippen molar-refractivity contribution < 1.29 is 5.11 Å². The number of hydrogen-bond donors (Lipinski definition) is 1. The van der Waals surface area contributed by atoms with Gasteiger partial charge in [0.2, 0.25) is 5.88 Å². The molecule has 3 aromatic heterocycles. The molecule has 0 unspecified atom stereocenters. The molecule has 3 rings (SSSR count). The van der Waals surface area contributed by atoms with Crippen LogP contribution in [-0.4, -0.2) is 20.1 Å². The molecule has 0 fully saturated rings. The van der Waals surface area contributed by atoms with Crippen LogP contribution in [0.3, 0.4) is 0 Å². The van der Waals surface area contributed by atoms with Crippen molar-refractivity contribution in [3.05, 3.63) is 33.8 Å². The summed E-state index contributed by atoms with van der Waals surface area (Å²) in [5, 5.41) is 11.3. The van der Waals surface area contributed by atoms with Gasteiger partial charge >= 0.3 is 0 Å². The molecule has 96 valence electrons. The zero-order valence-electron chi connectivity index (χ0n) is 10.3. The van der Waals surface area contributed by atoms with Crippen LogP contribution in [0.25, 0.3) is 21.7 Å². The van der Waals surface area contributed by atoms with Gasteiger partial charge in [-0.25, -0.2) is 4.98 Å². The van der Waals surface area contributed by atoms with Crippen molar-refractivity contribution in [2.24, 2.45) is 0 Å². The van der Waals surface area contributed by atoms with E-state index in [1.54, 1.807) is 18.3 Å². The molecule has 0 spiro atoms. The Balaban J connectivity index is 2.27. The normalized spacial score (nSPS) is 11.1. The summed E-state index contributed by atoms with van der Waals surface area (Å²) in [5.41, 5.74) is 1.57. The lowest BCUT2D eigenvalue weighted by molar-refractivity contribution is 0.460. The van der Waals surface area contributed by atoms with Gasteiger partial charge in [0.25, 0.3) is 0 Å². The van der Waals surface area contributed by atoms with Crippen molar-refractivity contribution in [1.82, 2.24) is 15.0 Å². The van der Waals surface area contributed by atoms with Crippen LogP contribution in [0.1, 0.15) is 10.4 Å². The van der Waals surface area contributed by atoms with Crippen molar-refractivity contribution in [2.75, 3.05) is 0 Å². The highest BCUT2D eigenvalue weighted by Crippen LogP contribution is 2.35. The van der Waals surface area contributed by atoms with E-state index in [1.165, 1.54) is 11.3 Å². The number of aromatic nitrogens is 3. The maximum absolute atomic E-state index is 10.1. The molecule has 4 nitrogen and oxygen atoms in total. The molecule has 0 bridgehead atoms. The van der Waals surface area contributed by atoms with Gasteiger partial charge < -0.3 is 5.11 Å². The third-order valence-electron chi connectivity index (χ3n) is 2.96. The van der Waals surface area contributed by atoms with Gasteiger partial charge in [0.15, 0.2) is 5.82 Å². The van der Waals surface area contributed by atoms with Gasteiger partial charge in [-0.2, -0.15) is 4.98 Å². The number of hydrogen-bond acceptors (Lipinski definition) is 5. The van der Waals surface area contributed by atoms with E-state index in [9.17, 15) is 5.11 Å². The number of pyridine rings is 1. The minimum Gasteiger partial charge on any atom is -0.493 e. The van der Waals surface area contributed by atoms with Crippen molar-refractivity contribution >= 4 is 33.2 Å². The molecule has 1 N–H and O–H groups in total. The van der Waals surface area contributed by atoms with Crippen molar-refractivity contribution in [3.63, 3.8) is 0 Å². The van der Waals surface area contributed by atoms with Crippen LogP contribution in [0.15, 0.2) is 18.3 Å². The Morgan fingerprint density at radius 1 is 1.26 bits per heavy atom. The second-order valence-corrected chi connectivity index (χ2v) is 5.83. The Hall–Kier alpha value is -1.72. The molecule has 0 radical (unpaired) electrons. The molecule has 3 aromatic rings. The van der Waals surface area contributed by atoms with Crippen molar-refractivity contribution in [2.45, 2.75) is 13.8 Å². The topological polar surface area (TPSA) is 58.9 Å². The molecule has 0 aliphatic heterocycles. The third kappa shape index (κ3) is 2.05. The minimum absolute atomic E-state index is 0.0105. The summed E-state index contributed by atoms with van der Waals surface area (Å²) < 4.78 is 0. The molecule has 6 heteroatoms. The summed E-state index contributed by atoms with van der Waals surface area (Å²) >= 11 is 7.46. The van der Waals surface area contributed by atoms with Crippen LogP contribution < -0.4 is 0 Å². The zero-order valence-corrected chi connectivity index (χ0v) is 11.9. The van der Waals surface area contributed by atoms with E-state index in [0.717, 1.165) is 15.3 Å². The quantitative estimate of drug-likeness (QED) is 0.742. The lowest BCUT2D eigenvalue weighted by atomic mass is 10.2. The molecular weight excluding hydrogens is 282 g/mol. The predicted molar refractivity (Wildman–Crippen MR) is 76.8 cm³/mol. The average molecular weight is 292 g/mol. The molecular formula is C13H10ClN3OS. The standard InChI is InChI=1S/C13H10ClN3OS/c1-6-7(2)19-13-10(6)12(18)16-11(17-13)9-5-8(14)3-4-15-9/h3-5H,1-2H3,(H,16,17,18). The molecule has 0 amide bonds. The van der Waals surface area contributed by atoms with Crippen LogP contribution in [0.5, 0.6) is 5.88 Å². The van der Waals surface area contributed by atoms with E-state index in [-0.39, 0.29) is 5.88 Å². The van der Waals surface area contributed by atoms with Gasteiger partial charge in [0.05, 0.1) is 5.39 Å². The number of nitrogens with zero attached hydrogens (tertiary/aromatic N) is 3. The Morgan fingerprint density at radius 3 is 2.79 bits per heavy atom. The molecule has 3 heterocycles. The molecule has 0 aliphatic carbocycles. The molecule has 0 saturated heterocycles. The first-order valence-electron chi connectivity index (χ1n) is 5.65. The van der Waals surface area contributed by atoms with Gasteiger partial charge in [0.1, 0.15) is 10.5 Å². The third-order valence-corrected chi connectivity index (χ3v) is 4.30. The van der Waals surface area contributed by atoms with Gasteiger partial charge in [-0.3, -0.25) is 4.98 Å². The van der Waals surface area contributed by atoms with Gasteiger partial charge in [0, 0.05) is 16.1 Å². The smallest absolute Gasteiger partial charge is 0.223 e. The van der Waals surface area contributed by atoms with Gasteiger partial charge in [-0.05, 0) is 31.5 Å². The number of aromatic hydroxyl groups is 1. The first-order chi connectivity index (χ1) is 9.06. The minimum atomic E-state index is -0.0105. The highest BCUT2D eigenvalue weighted by molar-refractivity contribution is 7.18. The van der Waals surface area contributed by atoms with E-state index in [0.29, 0.717) is 21.9 Å². The van der Waals surface area contributed by atoms with Crippen LogP contribution in [0.4, 0.5) is 0 Å². The summed E-state index contributed by atoms with van der Waals surface area (Å²) in [6, 6.07) is 3.36. The van der Waals surface area contributed by atoms with E-state index >= 15 is 0 Å². The van der Waals surface area contributed by atoms with Crippen molar-refractivity contribution in [1.29, 1.82) is 0 Å². The Labute approximate surface area is 118 Å². The zero-order chi connectivity index (χ0) is 13.6. The largest absolute Gasteiger partial charge is 0.493 e. The average Bonchev–Trinajstić information content (AvgIpc) is 2.65. The highest BCUT2D eigenvalue weighted by Gasteiger charge is 2.15. The number of halogens is 1. The summed E-state index contributed by atoms with van der Waals surface area (Å²) in [6.07, 6.45) is 1.59. The first-order valence-corrected chi connectivity index (χ1v) is 6.84. The SMILES string of the molecule is Cc1sc2nc(-c3cc(Cl)ccn3)nc(O)c2c1C. The maximum Gasteiger partial charge on any atom is 0.223 e. The number of fused-ring (bicyclic) bond motifs is 1. The van der Waals surface area contributed by atoms with Crippen LogP contribution in [-0.2, 0) is 0 Å². The second-order valence-electron chi connectivity index (χ2n) is 4.19. The summed E-state index contributed by atoms with van der Waals surface area (Å²) in [4.78, 5) is 14.6. The highest BCUT2D eigenvalue weighted by atomic mass is 35.5. The Morgan fingerprint density at radius 2 is 2.05 bits per heavy atom. The predicted octanol–water partition coefficient (Wildman–Crippen LogP) is 3.73. The fourth-order valence-corrected chi connectivity index (χ4v) is 3.05. The Bertz CT molecular complexity index is 785. The van der Waals surface area contributed by atoms with Crippen LogP contribution >= 0.6 is 22.9 Å². The maximum atomic E-state index is 10.1.